The van der Waals surface area contributed by atoms with Gasteiger partial charge in [0.15, 0.2) is 5.13 Å². The van der Waals surface area contributed by atoms with Gasteiger partial charge in [0.1, 0.15) is 5.75 Å². The number of amides is 2. The maximum atomic E-state index is 12.7. The van der Waals surface area contributed by atoms with Gasteiger partial charge in [0, 0.05) is 27.6 Å². The van der Waals surface area contributed by atoms with Crippen molar-refractivity contribution in [1.82, 2.24) is 4.98 Å². The monoisotopic (exact) mass is 529 g/mol. The van der Waals surface area contributed by atoms with Crippen LogP contribution < -0.4 is 15.4 Å². The number of ether oxygens (including phenoxy) is 1. The average Bonchev–Trinajstić information content (AvgIpc) is 3.38. The van der Waals surface area contributed by atoms with Crippen molar-refractivity contribution < 1.29 is 14.3 Å². The van der Waals surface area contributed by atoms with Crippen molar-refractivity contribution in [1.29, 1.82) is 0 Å². The number of nitrogens with one attached hydrogen (secondary N) is 2. The lowest BCUT2D eigenvalue weighted by molar-refractivity contribution is -0.115. The van der Waals surface area contributed by atoms with Crippen molar-refractivity contribution >= 4 is 51.8 Å². The number of benzene rings is 3. The molecule has 0 aliphatic rings. The zero-order chi connectivity index (χ0) is 26.0. The minimum absolute atomic E-state index is 0.124. The SMILES string of the molecule is CCOc1ccc(-c2csc(NC(=O)C(C)Sc3ccc(NC(=O)/C=C/c4ccccc4)cc3)n2)cc1. The summed E-state index contributed by atoms with van der Waals surface area (Å²) in [7, 11) is 0. The van der Waals surface area contributed by atoms with Crippen molar-refractivity contribution in [3.63, 3.8) is 0 Å². The van der Waals surface area contributed by atoms with Crippen LogP contribution >= 0.6 is 23.1 Å². The molecule has 0 aliphatic carbocycles. The van der Waals surface area contributed by atoms with Gasteiger partial charge >= 0.3 is 0 Å². The summed E-state index contributed by atoms with van der Waals surface area (Å²) < 4.78 is 5.48. The Balaban J connectivity index is 1.27. The van der Waals surface area contributed by atoms with Crippen LogP contribution in [0, 0.1) is 0 Å². The second-order valence-electron chi connectivity index (χ2n) is 8.00. The Morgan fingerprint density at radius 2 is 1.73 bits per heavy atom. The summed E-state index contributed by atoms with van der Waals surface area (Å²) in [6.45, 7) is 4.42. The fraction of sp³-hybridized carbons (Fsp3) is 0.138. The van der Waals surface area contributed by atoms with Crippen LogP contribution in [0.4, 0.5) is 10.8 Å². The zero-order valence-corrected chi connectivity index (χ0v) is 22.1. The number of hydrogen-bond donors (Lipinski definition) is 2. The van der Waals surface area contributed by atoms with E-state index in [0.717, 1.165) is 27.5 Å². The molecule has 0 aliphatic heterocycles. The molecule has 4 aromatic rings. The van der Waals surface area contributed by atoms with Crippen molar-refractivity contribution in [2.45, 2.75) is 24.0 Å². The molecule has 3 aromatic carbocycles. The van der Waals surface area contributed by atoms with Crippen LogP contribution in [0.5, 0.6) is 5.75 Å². The standard InChI is InChI=1S/C29H27N3O3S2/c1-3-35-24-14-10-22(11-15-24)26-19-36-29(31-26)32-28(34)20(2)37-25-16-12-23(13-17-25)30-27(33)18-9-21-7-5-4-6-8-21/h4-20H,3H2,1-2H3,(H,30,33)(H,31,32,34)/b18-9+. The van der Waals surface area contributed by atoms with Crippen molar-refractivity contribution in [3.8, 4) is 17.0 Å². The van der Waals surface area contributed by atoms with E-state index < -0.39 is 0 Å². The number of nitrogens with zero attached hydrogens (tertiary/aromatic N) is 1. The van der Waals surface area contributed by atoms with Crippen molar-refractivity contribution in [3.05, 3.63) is 95.9 Å². The molecule has 0 fully saturated rings. The largest absolute Gasteiger partial charge is 0.494 e. The Morgan fingerprint density at radius 3 is 2.43 bits per heavy atom. The summed E-state index contributed by atoms with van der Waals surface area (Å²) in [4.78, 5) is 30.4. The molecule has 0 bridgehead atoms. The summed E-state index contributed by atoms with van der Waals surface area (Å²) in [5, 5.41) is 7.91. The zero-order valence-electron chi connectivity index (χ0n) is 20.5. The molecule has 0 saturated carbocycles. The molecule has 1 aromatic heterocycles. The van der Waals surface area contributed by atoms with E-state index in [9.17, 15) is 9.59 Å². The summed E-state index contributed by atoms with van der Waals surface area (Å²) >= 11 is 2.83. The highest BCUT2D eigenvalue weighted by molar-refractivity contribution is 8.00. The number of hydrogen-bond acceptors (Lipinski definition) is 6. The second-order valence-corrected chi connectivity index (χ2v) is 10.3. The van der Waals surface area contributed by atoms with Gasteiger partial charge in [-0.25, -0.2) is 4.98 Å². The molecular weight excluding hydrogens is 502 g/mol. The number of thioether (sulfide) groups is 1. The fourth-order valence-electron chi connectivity index (χ4n) is 3.35. The number of carbonyl (C=O) groups excluding carboxylic acids is 2. The minimum Gasteiger partial charge on any atom is -0.494 e. The van der Waals surface area contributed by atoms with Crippen LogP contribution in [0.15, 0.2) is 95.2 Å². The van der Waals surface area contributed by atoms with Crippen LogP contribution in [0.25, 0.3) is 17.3 Å². The van der Waals surface area contributed by atoms with E-state index in [1.807, 2.05) is 98.1 Å². The third-order valence-electron chi connectivity index (χ3n) is 5.23. The van der Waals surface area contributed by atoms with E-state index in [1.165, 1.54) is 29.2 Å². The number of thiazole rings is 1. The highest BCUT2D eigenvalue weighted by atomic mass is 32.2. The lowest BCUT2D eigenvalue weighted by Gasteiger charge is -2.11. The summed E-state index contributed by atoms with van der Waals surface area (Å²) in [6, 6.07) is 24.8. The van der Waals surface area contributed by atoms with Crippen LogP contribution in [-0.2, 0) is 9.59 Å². The van der Waals surface area contributed by atoms with Gasteiger partial charge in [0.2, 0.25) is 11.8 Å². The van der Waals surface area contributed by atoms with Crippen LogP contribution in [0.3, 0.4) is 0 Å². The van der Waals surface area contributed by atoms with Gasteiger partial charge in [-0.15, -0.1) is 23.1 Å². The first-order valence-electron chi connectivity index (χ1n) is 11.8. The summed E-state index contributed by atoms with van der Waals surface area (Å²) in [5.74, 6) is 0.488. The minimum atomic E-state index is -0.327. The number of rotatable bonds is 10. The molecule has 4 rings (SSSR count). The quantitative estimate of drug-likeness (QED) is 0.171. The molecule has 0 saturated heterocycles. The smallest absolute Gasteiger partial charge is 0.248 e. The van der Waals surface area contributed by atoms with Crippen LogP contribution in [0.2, 0.25) is 0 Å². The lowest BCUT2D eigenvalue weighted by Crippen LogP contribution is -2.22. The molecule has 0 spiro atoms. The van der Waals surface area contributed by atoms with Gasteiger partial charge in [-0.2, -0.15) is 0 Å². The predicted molar refractivity (Wildman–Crippen MR) is 153 cm³/mol. The van der Waals surface area contributed by atoms with Gasteiger partial charge < -0.3 is 15.4 Å². The van der Waals surface area contributed by atoms with E-state index in [4.69, 9.17) is 4.74 Å². The normalized spacial score (nSPS) is 11.7. The van der Waals surface area contributed by atoms with E-state index in [2.05, 4.69) is 15.6 Å². The fourth-order valence-corrected chi connectivity index (χ4v) is 4.94. The third-order valence-corrected chi connectivity index (χ3v) is 7.10. The molecule has 1 unspecified atom stereocenters. The molecule has 37 heavy (non-hydrogen) atoms. The van der Waals surface area contributed by atoms with E-state index >= 15 is 0 Å². The molecule has 0 radical (unpaired) electrons. The number of aromatic nitrogens is 1. The number of carbonyl (C=O) groups is 2. The van der Waals surface area contributed by atoms with Gasteiger partial charge in [-0.1, -0.05) is 30.3 Å². The first-order chi connectivity index (χ1) is 18.0. The van der Waals surface area contributed by atoms with Crippen molar-refractivity contribution in [2.75, 3.05) is 17.2 Å². The van der Waals surface area contributed by atoms with Gasteiger partial charge in [-0.3, -0.25) is 9.59 Å². The van der Waals surface area contributed by atoms with Gasteiger partial charge in [-0.05, 0) is 74.0 Å². The first kappa shape index (κ1) is 26.2. The Morgan fingerprint density at radius 1 is 1.00 bits per heavy atom. The Labute approximate surface area is 224 Å². The highest BCUT2D eigenvalue weighted by Gasteiger charge is 2.16. The van der Waals surface area contributed by atoms with Gasteiger partial charge in [0.25, 0.3) is 0 Å². The third kappa shape index (κ3) is 7.80. The summed E-state index contributed by atoms with van der Waals surface area (Å²) in [5.41, 5.74) is 3.42. The Hall–Kier alpha value is -3.88. The van der Waals surface area contributed by atoms with Crippen LogP contribution in [0.1, 0.15) is 19.4 Å². The maximum absolute atomic E-state index is 12.7. The van der Waals surface area contributed by atoms with Crippen molar-refractivity contribution in [2.24, 2.45) is 0 Å². The molecular formula is C29H27N3O3S2. The molecule has 6 nitrogen and oxygen atoms in total. The molecule has 188 valence electrons. The average molecular weight is 530 g/mol. The van der Waals surface area contributed by atoms with Gasteiger partial charge in [0.05, 0.1) is 17.6 Å². The lowest BCUT2D eigenvalue weighted by atomic mass is 10.2. The van der Waals surface area contributed by atoms with E-state index in [-0.39, 0.29) is 17.1 Å². The first-order valence-corrected chi connectivity index (χ1v) is 13.6. The van der Waals surface area contributed by atoms with Crippen LogP contribution in [-0.4, -0.2) is 28.7 Å². The summed E-state index contributed by atoms with van der Waals surface area (Å²) in [6.07, 6.45) is 3.27. The Bertz CT molecular complexity index is 1350. The molecule has 1 atom stereocenters. The second kappa shape index (κ2) is 12.9. The van der Waals surface area contributed by atoms with E-state index in [0.29, 0.717) is 17.4 Å². The molecule has 2 amide bonds. The predicted octanol–water partition coefficient (Wildman–Crippen LogP) is 6.98. The highest BCUT2D eigenvalue weighted by Crippen LogP contribution is 2.29. The van der Waals surface area contributed by atoms with E-state index in [1.54, 1.807) is 6.08 Å². The maximum Gasteiger partial charge on any atom is 0.248 e. The topological polar surface area (TPSA) is 80.3 Å². The number of anilines is 2. The molecule has 8 heteroatoms. The Kier molecular flexibility index (Phi) is 9.13. The molecule has 2 N–H and O–H groups in total. The molecule has 1 heterocycles.